The maximum atomic E-state index is 11.9. The molecule has 0 aromatic heterocycles. The van der Waals surface area contributed by atoms with Crippen molar-refractivity contribution in [2.75, 3.05) is 6.61 Å². The summed E-state index contributed by atoms with van der Waals surface area (Å²) in [5.74, 6) is -1.05. The molecule has 0 bridgehead atoms. The van der Waals surface area contributed by atoms with E-state index < -0.39 is 23.3 Å². The van der Waals surface area contributed by atoms with Crippen LogP contribution < -0.4 is 0 Å². The molecule has 2 aromatic rings. The number of carbonyl (C=O) groups is 2. The molecule has 0 amide bonds. The van der Waals surface area contributed by atoms with E-state index in [4.69, 9.17) is 4.74 Å². The number of nitro benzene ring substituents is 1. The number of esters is 1. The van der Waals surface area contributed by atoms with Crippen LogP contribution in [0.2, 0.25) is 0 Å². The number of halogens is 1. The average molecular weight is 364 g/mol. The fraction of sp³-hybridized carbons (Fsp3) is 0.0667. The van der Waals surface area contributed by atoms with Gasteiger partial charge in [0.05, 0.1) is 10.5 Å². The van der Waals surface area contributed by atoms with Gasteiger partial charge in [-0.3, -0.25) is 14.9 Å². The molecule has 22 heavy (non-hydrogen) atoms. The standard InChI is InChI=1S/C15H10BrNO5/c16-12-3-1-2-11(8-12)15(19)22-9-14(18)10-4-6-13(7-5-10)17(20)21/h1-8H,9H2. The topological polar surface area (TPSA) is 86.5 Å². The molecular weight excluding hydrogens is 354 g/mol. The van der Waals surface area contributed by atoms with Crippen molar-refractivity contribution in [2.45, 2.75) is 0 Å². The third-order valence-electron chi connectivity index (χ3n) is 2.79. The zero-order valence-corrected chi connectivity index (χ0v) is 12.8. The van der Waals surface area contributed by atoms with E-state index in [0.29, 0.717) is 5.56 Å². The van der Waals surface area contributed by atoms with Gasteiger partial charge < -0.3 is 4.74 Å². The molecule has 0 N–H and O–H groups in total. The Morgan fingerprint density at radius 1 is 1.09 bits per heavy atom. The first-order chi connectivity index (χ1) is 10.5. The van der Waals surface area contributed by atoms with Gasteiger partial charge in [-0.2, -0.15) is 0 Å². The molecule has 0 unspecified atom stereocenters. The van der Waals surface area contributed by atoms with E-state index in [9.17, 15) is 19.7 Å². The SMILES string of the molecule is O=C(COC(=O)c1cccc(Br)c1)c1ccc([N+](=O)[O-])cc1. The second-order valence-corrected chi connectivity index (χ2v) is 5.23. The molecule has 7 heteroatoms. The molecule has 6 nitrogen and oxygen atoms in total. The van der Waals surface area contributed by atoms with Gasteiger partial charge >= 0.3 is 5.97 Å². The number of nitrogens with zero attached hydrogens (tertiary/aromatic N) is 1. The number of ketones is 1. The Bertz CT molecular complexity index is 727. The molecule has 0 radical (unpaired) electrons. The zero-order chi connectivity index (χ0) is 16.1. The predicted molar refractivity (Wildman–Crippen MR) is 81.9 cm³/mol. The molecule has 2 rings (SSSR count). The molecule has 0 spiro atoms. The highest BCUT2D eigenvalue weighted by Crippen LogP contribution is 2.14. The maximum Gasteiger partial charge on any atom is 0.338 e. The molecule has 0 heterocycles. The molecule has 0 aliphatic rings. The van der Waals surface area contributed by atoms with Gasteiger partial charge in [0.25, 0.3) is 5.69 Å². The quantitative estimate of drug-likeness (QED) is 0.351. The molecular formula is C15H10BrNO5. The summed E-state index contributed by atoms with van der Waals surface area (Å²) in [5, 5.41) is 10.5. The number of hydrogen-bond donors (Lipinski definition) is 0. The lowest BCUT2D eigenvalue weighted by Gasteiger charge is -2.04. The zero-order valence-electron chi connectivity index (χ0n) is 11.2. The van der Waals surface area contributed by atoms with Crippen LogP contribution >= 0.6 is 15.9 Å². The van der Waals surface area contributed by atoms with E-state index in [1.165, 1.54) is 24.3 Å². The van der Waals surface area contributed by atoms with E-state index in [-0.39, 0.29) is 11.3 Å². The second kappa shape index (κ2) is 6.95. The van der Waals surface area contributed by atoms with Crippen molar-refractivity contribution >= 4 is 33.4 Å². The predicted octanol–water partition coefficient (Wildman–Crippen LogP) is 3.40. The van der Waals surface area contributed by atoms with Crippen LogP contribution in [0.1, 0.15) is 20.7 Å². The van der Waals surface area contributed by atoms with Crippen LogP contribution in [0.5, 0.6) is 0 Å². The molecule has 0 aliphatic carbocycles. The lowest BCUT2D eigenvalue weighted by Crippen LogP contribution is -2.14. The van der Waals surface area contributed by atoms with E-state index in [1.807, 2.05) is 0 Å². The van der Waals surface area contributed by atoms with Crippen LogP contribution in [0.15, 0.2) is 53.0 Å². The average Bonchev–Trinajstić information content (AvgIpc) is 2.52. The Balaban J connectivity index is 1.97. The number of benzene rings is 2. The largest absolute Gasteiger partial charge is 0.454 e. The number of rotatable bonds is 5. The monoisotopic (exact) mass is 363 g/mol. The van der Waals surface area contributed by atoms with Gasteiger partial charge in [-0.15, -0.1) is 0 Å². The lowest BCUT2D eigenvalue weighted by molar-refractivity contribution is -0.384. The minimum atomic E-state index is -0.614. The van der Waals surface area contributed by atoms with Crippen LogP contribution in [0.4, 0.5) is 5.69 Å². The normalized spacial score (nSPS) is 10.0. The van der Waals surface area contributed by atoms with Gasteiger partial charge in [0.15, 0.2) is 12.4 Å². The fourth-order valence-corrected chi connectivity index (χ4v) is 2.08. The van der Waals surface area contributed by atoms with E-state index >= 15 is 0 Å². The fourth-order valence-electron chi connectivity index (χ4n) is 1.68. The Labute approximate surface area is 134 Å². The molecule has 2 aromatic carbocycles. The van der Waals surface area contributed by atoms with Crippen LogP contribution in [-0.4, -0.2) is 23.3 Å². The van der Waals surface area contributed by atoms with E-state index in [2.05, 4.69) is 15.9 Å². The number of ether oxygens (including phenoxy) is 1. The first kappa shape index (κ1) is 15.8. The van der Waals surface area contributed by atoms with Gasteiger partial charge in [-0.1, -0.05) is 22.0 Å². The number of Topliss-reactive ketones (excluding diaryl/α,β-unsaturated/α-hetero) is 1. The van der Waals surface area contributed by atoms with Crippen LogP contribution in [0.25, 0.3) is 0 Å². The third kappa shape index (κ3) is 3.98. The Morgan fingerprint density at radius 3 is 2.36 bits per heavy atom. The van der Waals surface area contributed by atoms with Gasteiger partial charge in [0, 0.05) is 22.2 Å². The maximum absolute atomic E-state index is 11.9. The highest BCUT2D eigenvalue weighted by Gasteiger charge is 2.13. The number of non-ortho nitro benzene ring substituents is 1. The van der Waals surface area contributed by atoms with Crippen molar-refractivity contribution in [2.24, 2.45) is 0 Å². The summed E-state index contributed by atoms with van der Waals surface area (Å²) < 4.78 is 5.66. The van der Waals surface area contributed by atoms with E-state index in [1.54, 1.807) is 24.3 Å². The smallest absolute Gasteiger partial charge is 0.338 e. The van der Waals surface area contributed by atoms with Crippen LogP contribution in [-0.2, 0) is 4.74 Å². The summed E-state index contributed by atoms with van der Waals surface area (Å²) in [4.78, 5) is 33.6. The Morgan fingerprint density at radius 2 is 1.77 bits per heavy atom. The third-order valence-corrected chi connectivity index (χ3v) is 3.29. The summed E-state index contributed by atoms with van der Waals surface area (Å²) in [5.41, 5.74) is 0.459. The lowest BCUT2D eigenvalue weighted by atomic mass is 10.1. The van der Waals surface area contributed by atoms with E-state index in [0.717, 1.165) is 4.47 Å². The number of hydrogen-bond acceptors (Lipinski definition) is 5. The van der Waals surface area contributed by atoms with Crippen molar-refractivity contribution in [3.05, 3.63) is 74.2 Å². The molecule has 0 atom stereocenters. The van der Waals surface area contributed by atoms with Gasteiger partial charge in [-0.25, -0.2) is 4.79 Å². The summed E-state index contributed by atoms with van der Waals surface area (Å²) in [6, 6.07) is 11.7. The number of nitro groups is 1. The van der Waals surface area contributed by atoms with Gasteiger partial charge in [-0.05, 0) is 30.3 Å². The molecule has 0 fully saturated rings. The molecule has 0 aliphatic heterocycles. The minimum absolute atomic E-state index is 0.109. The summed E-state index contributed by atoms with van der Waals surface area (Å²) in [7, 11) is 0. The number of carbonyl (C=O) groups excluding carboxylic acids is 2. The molecule has 0 saturated heterocycles. The van der Waals surface area contributed by atoms with Crippen LogP contribution in [0.3, 0.4) is 0 Å². The molecule has 0 saturated carbocycles. The van der Waals surface area contributed by atoms with Crippen molar-refractivity contribution < 1.29 is 19.2 Å². The van der Waals surface area contributed by atoms with Crippen molar-refractivity contribution in [1.82, 2.24) is 0 Å². The van der Waals surface area contributed by atoms with Crippen molar-refractivity contribution in [3.63, 3.8) is 0 Å². The van der Waals surface area contributed by atoms with Crippen LogP contribution in [0, 0.1) is 10.1 Å². The van der Waals surface area contributed by atoms with Gasteiger partial charge in [0.1, 0.15) is 0 Å². The first-order valence-corrected chi connectivity index (χ1v) is 6.97. The Kier molecular flexibility index (Phi) is 5.00. The van der Waals surface area contributed by atoms with Crippen molar-refractivity contribution in [1.29, 1.82) is 0 Å². The summed E-state index contributed by atoms with van der Waals surface area (Å²) >= 11 is 3.24. The summed E-state index contributed by atoms with van der Waals surface area (Å²) in [6.07, 6.45) is 0. The first-order valence-electron chi connectivity index (χ1n) is 6.18. The minimum Gasteiger partial charge on any atom is -0.454 e. The van der Waals surface area contributed by atoms with Crippen molar-refractivity contribution in [3.8, 4) is 0 Å². The highest BCUT2D eigenvalue weighted by molar-refractivity contribution is 9.10. The second-order valence-electron chi connectivity index (χ2n) is 4.31. The highest BCUT2D eigenvalue weighted by atomic mass is 79.9. The molecule has 112 valence electrons. The summed E-state index contributed by atoms with van der Waals surface area (Å²) in [6.45, 7) is -0.427. The Hall–Kier alpha value is -2.54. The van der Waals surface area contributed by atoms with Gasteiger partial charge in [0.2, 0.25) is 0 Å².